The van der Waals surface area contributed by atoms with Crippen LogP contribution in [0, 0.1) is 0 Å². The molecule has 1 amide bonds. The van der Waals surface area contributed by atoms with Crippen LogP contribution in [0.3, 0.4) is 0 Å². The maximum atomic E-state index is 11.5. The molecule has 0 aliphatic rings. The molecule has 4 nitrogen and oxygen atoms in total. The number of unbranched alkanes of at least 4 members (excludes halogenated alkanes) is 1. The third-order valence-corrected chi connectivity index (χ3v) is 2.32. The van der Waals surface area contributed by atoms with Crippen LogP contribution in [0.15, 0.2) is 24.3 Å². The van der Waals surface area contributed by atoms with Crippen LogP contribution in [0.2, 0.25) is 0 Å². The summed E-state index contributed by atoms with van der Waals surface area (Å²) >= 11 is 0. The van der Waals surface area contributed by atoms with Gasteiger partial charge in [0.25, 0.3) is 0 Å². The van der Waals surface area contributed by atoms with Crippen molar-refractivity contribution in [2.75, 3.05) is 18.5 Å². The number of hydrogen-bond donors (Lipinski definition) is 1. The number of para-hydroxylation sites is 2. The van der Waals surface area contributed by atoms with E-state index in [1.165, 1.54) is 0 Å². The molecule has 0 saturated carbocycles. The van der Waals surface area contributed by atoms with Gasteiger partial charge in [-0.05, 0) is 25.0 Å². The van der Waals surface area contributed by atoms with E-state index in [1.807, 2.05) is 25.1 Å². The van der Waals surface area contributed by atoms with Crippen LogP contribution >= 0.6 is 0 Å². The fourth-order valence-corrected chi connectivity index (χ4v) is 1.36. The van der Waals surface area contributed by atoms with Crippen molar-refractivity contribution in [1.82, 2.24) is 0 Å². The predicted molar refractivity (Wildman–Crippen MR) is 72.1 cm³/mol. The van der Waals surface area contributed by atoms with Gasteiger partial charge in [0.2, 0.25) is 0 Å². The van der Waals surface area contributed by atoms with Gasteiger partial charge in [-0.1, -0.05) is 32.4 Å². The molecule has 0 aliphatic heterocycles. The van der Waals surface area contributed by atoms with Crippen LogP contribution in [0.4, 0.5) is 10.5 Å². The third-order valence-electron chi connectivity index (χ3n) is 2.32. The molecule has 0 atom stereocenters. The first-order valence-corrected chi connectivity index (χ1v) is 6.43. The molecule has 0 fully saturated rings. The molecular formula is C14H21NO3. The summed E-state index contributed by atoms with van der Waals surface area (Å²) in [7, 11) is 0. The Labute approximate surface area is 108 Å². The molecule has 1 aromatic carbocycles. The van der Waals surface area contributed by atoms with Gasteiger partial charge in [-0.3, -0.25) is 5.32 Å². The molecule has 0 aliphatic carbocycles. The summed E-state index contributed by atoms with van der Waals surface area (Å²) in [5.74, 6) is 0.680. The van der Waals surface area contributed by atoms with E-state index in [1.54, 1.807) is 6.07 Å². The van der Waals surface area contributed by atoms with Crippen LogP contribution in [-0.2, 0) is 4.74 Å². The lowest BCUT2D eigenvalue weighted by molar-refractivity contribution is 0.161. The minimum Gasteiger partial charge on any atom is -0.491 e. The van der Waals surface area contributed by atoms with Gasteiger partial charge in [-0.2, -0.15) is 0 Å². The smallest absolute Gasteiger partial charge is 0.411 e. The number of nitrogens with one attached hydrogen (secondary N) is 1. The normalized spacial score (nSPS) is 9.89. The zero-order valence-corrected chi connectivity index (χ0v) is 11.1. The fourth-order valence-electron chi connectivity index (χ4n) is 1.36. The lowest BCUT2D eigenvalue weighted by atomic mass is 10.3. The van der Waals surface area contributed by atoms with Crippen LogP contribution in [0.5, 0.6) is 5.75 Å². The first-order chi connectivity index (χ1) is 8.77. The van der Waals surface area contributed by atoms with E-state index in [-0.39, 0.29) is 0 Å². The zero-order chi connectivity index (χ0) is 13.2. The molecule has 1 N–H and O–H groups in total. The maximum Gasteiger partial charge on any atom is 0.411 e. The number of anilines is 1. The number of rotatable bonds is 7. The molecule has 0 aromatic heterocycles. The van der Waals surface area contributed by atoms with Gasteiger partial charge in [0.05, 0.1) is 18.9 Å². The lowest BCUT2D eigenvalue weighted by Gasteiger charge is -2.12. The van der Waals surface area contributed by atoms with Crippen molar-refractivity contribution in [1.29, 1.82) is 0 Å². The summed E-state index contributed by atoms with van der Waals surface area (Å²) in [6.07, 6.45) is 2.44. The van der Waals surface area contributed by atoms with Crippen LogP contribution in [0.1, 0.15) is 33.1 Å². The van der Waals surface area contributed by atoms with Gasteiger partial charge in [0, 0.05) is 0 Å². The average Bonchev–Trinajstić information content (AvgIpc) is 2.38. The highest BCUT2D eigenvalue weighted by molar-refractivity contribution is 5.86. The molecule has 18 heavy (non-hydrogen) atoms. The number of ether oxygens (including phenoxy) is 2. The fraction of sp³-hybridized carbons (Fsp3) is 0.500. The van der Waals surface area contributed by atoms with E-state index < -0.39 is 6.09 Å². The zero-order valence-electron chi connectivity index (χ0n) is 11.1. The van der Waals surface area contributed by atoms with Crippen LogP contribution in [0.25, 0.3) is 0 Å². The Morgan fingerprint density at radius 3 is 2.67 bits per heavy atom. The Balaban J connectivity index is 2.55. The van der Waals surface area contributed by atoms with Gasteiger partial charge in [-0.15, -0.1) is 0 Å². The summed E-state index contributed by atoms with van der Waals surface area (Å²) in [6.45, 7) is 5.13. The van der Waals surface area contributed by atoms with Gasteiger partial charge in [0.1, 0.15) is 5.75 Å². The van der Waals surface area contributed by atoms with Crippen molar-refractivity contribution in [2.24, 2.45) is 0 Å². The molecule has 0 bridgehead atoms. The molecule has 100 valence electrons. The SMILES string of the molecule is CCCCOc1ccccc1NC(=O)OCCC. The second-order valence-electron chi connectivity index (χ2n) is 3.96. The van der Waals surface area contributed by atoms with Gasteiger partial charge >= 0.3 is 6.09 Å². The molecule has 0 unspecified atom stereocenters. The molecule has 0 saturated heterocycles. The molecule has 0 radical (unpaired) electrons. The Hall–Kier alpha value is -1.71. The Morgan fingerprint density at radius 2 is 1.94 bits per heavy atom. The number of carbonyl (C=O) groups excluding carboxylic acids is 1. The molecule has 0 heterocycles. The van der Waals surface area contributed by atoms with Crippen molar-refractivity contribution in [3.8, 4) is 5.75 Å². The van der Waals surface area contributed by atoms with Gasteiger partial charge in [-0.25, -0.2) is 4.79 Å². The Kier molecular flexibility index (Phi) is 6.69. The van der Waals surface area contributed by atoms with Crippen LogP contribution < -0.4 is 10.1 Å². The largest absolute Gasteiger partial charge is 0.491 e. The first kappa shape index (κ1) is 14.4. The molecular weight excluding hydrogens is 230 g/mol. The Morgan fingerprint density at radius 1 is 1.17 bits per heavy atom. The Bertz CT molecular complexity index is 366. The second-order valence-corrected chi connectivity index (χ2v) is 3.96. The van der Waals surface area contributed by atoms with Crippen LogP contribution in [-0.4, -0.2) is 19.3 Å². The minimum absolute atomic E-state index is 0.421. The maximum absolute atomic E-state index is 11.5. The van der Waals surface area contributed by atoms with Gasteiger partial charge < -0.3 is 9.47 Å². The highest BCUT2D eigenvalue weighted by Crippen LogP contribution is 2.24. The topological polar surface area (TPSA) is 47.6 Å². The van der Waals surface area contributed by atoms with E-state index in [2.05, 4.69) is 12.2 Å². The van der Waals surface area contributed by atoms with Gasteiger partial charge in [0.15, 0.2) is 0 Å². The van der Waals surface area contributed by atoms with Crippen molar-refractivity contribution in [3.05, 3.63) is 24.3 Å². The standard InChI is InChI=1S/C14H21NO3/c1-3-5-11-17-13-9-7-6-8-12(13)15-14(16)18-10-4-2/h6-9H,3-5,10-11H2,1-2H3,(H,15,16). The summed E-state index contributed by atoms with van der Waals surface area (Å²) in [5.41, 5.74) is 0.648. The number of amides is 1. The highest BCUT2D eigenvalue weighted by atomic mass is 16.5. The monoisotopic (exact) mass is 251 g/mol. The third kappa shape index (κ3) is 5.08. The average molecular weight is 251 g/mol. The number of hydrogen-bond acceptors (Lipinski definition) is 3. The quantitative estimate of drug-likeness (QED) is 0.749. The number of benzene rings is 1. The summed E-state index contributed by atoms with van der Waals surface area (Å²) < 4.78 is 10.6. The van der Waals surface area contributed by atoms with E-state index in [0.29, 0.717) is 24.7 Å². The summed E-state index contributed by atoms with van der Waals surface area (Å²) in [5, 5.41) is 2.69. The summed E-state index contributed by atoms with van der Waals surface area (Å²) in [4.78, 5) is 11.5. The van der Waals surface area contributed by atoms with E-state index >= 15 is 0 Å². The van der Waals surface area contributed by atoms with E-state index in [4.69, 9.17) is 9.47 Å². The predicted octanol–water partition coefficient (Wildman–Crippen LogP) is 3.82. The molecule has 4 heteroatoms. The van der Waals surface area contributed by atoms with Crippen molar-refractivity contribution in [2.45, 2.75) is 33.1 Å². The molecule has 1 rings (SSSR count). The lowest BCUT2D eigenvalue weighted by Crippen LogP contribution is -2.15. The minimum atomic E-state index is -0.441. The van der Waals surface area contributed by atoms with Crippen molar-refractivity contribution in [3.63, 3.8) is 0 Å². The van der Waals surface area contributed by atoms with E-state index in [0.717, 1.165) is 19.3 Å². The second kappa shape index (κ2) is 8.39. The van der Waals surface area contributed by atoms with Crippen molar-refractivity contribution >= 4 is 11.8 Å². The molecule has 0 spiro atoms. The molecule has 1 aromatic rings. The van der Waals surface area contributed by atoms with Crippen molar-refractivity contribution < 1.29 is 14.3 Å². The van der Waals surface area contributed by atoms with E-state index in [9.17, 15) is 4.79 Å². The summed E-state index contributed by atoms with van der Waals surface area (Å²) in [6, 6.07) is 7.37. The highest BCUT2D eigenvalue weighted by Gasteiger charge is 2.07. The number of carbonyl (C=O) groups is 1. The first-order valence-electron chi connectivity index (χ1n) is 6.43.